The largest absolute Gasteiger partial charge is 0.598 e. The van der Waals surface area contributed by atoms with Crippen molar-refractivity contribution >= 4 is 11.4 Å². The Hall–Kier alpha value is 0.230. The third kappa shape index (κ3) is 3.62. The molecule has 0 aromatic rings. The van der Waals surface area contributed by atoms with Crippen LogP contribution in [0, 0.1) is 5.92 Å². The number of hydrogen-bond acceptors (Lipinski definition) is 3. The average Bonchev–Trinajstić information content (AvgIpc) is 2.26. The maximum atomic E-state index is 12.3. The van der Waals surface area contributed by atoms with E-state index in [1.165, 1.54) is 0 Å². The fourth-order valence-electron chi connectivity index (χ4n) is 2.08. The van der Waals surface area contributed by atoms with Crippen molar-refractivity contribution in [3.8, 4) is 0 Å². The first kappa shape index (κ1) is 14.3. The van der Waals surface area contributed by atoms with E-state index >= 15 is 0 Å². The minimum absolute atomic E-state index is 0.172. The molecule has 0 saturated carbocycles. The second-order valence-electron chi connectivity index (χ2n) is 5.60. The van der Waals surface area contributed by atoms with Gasteiger partial charge in [-0.05, 0) is 46.5 Å². The molecule has 0 radical (unpaired) electrons. The van der Waals surface area contributed by atoms with Gasteiger partial charge in [0, 0.05) is 31.6 Å². The van der Waals surface area contributed by atoms with Gasteiger partial charge in [-0.2, -0.15) is 0 Å². The quantitative estimate of drug-likeness (QED) is 0.717. The van der Waals surface area contributed by atoms with E-state index in [4.69, 9.17) is 4.74 Å². The summed E-state index contributed by atoms with van der Waals surface area (Å²) in [6.45, 7) is 9.96. The zero-order valence-corrected chi connectivity index (χ0v) is 12.0. The van der Waals surface area contributed by atoms with E-state index in [2.05, 4.69) is 6.92 Å². The zero-order valence-electron chi connectivity index (χ0n) is 11.2. The molecule has 0 bridgehead atoms. The van der Waals surface area contributed by atoms with Crippen LogP contribution in [0.1, 0.15) is 40.5 Å². The van der Waals surface area contributed by atoms with Gasteiger partial charge >= 0.3 is 0 Å². The van der Waals surface area contributed by atoms with Crippen LogP contribution in [0.3, 0.4) is 0 Å². The van der Waals surface area contributed by atoms with E-state index in [-0.39, 0.29) is 4.75 Å². The van der Waals surface area contributed by atoms with Gasteiger partial charge in [0.25, 0.3) is 0 Å². The Bertz CT molecular complexity index is 212. The molecule has 0 N–H and O–H groups in total. The van der Waals surface area contributed by atoms with Crippen molar-refractivity contribution in [2.45, 2.75) is 51.3 Å². The molecule has 2 unspecified atom stereocenters. The lowest BCUT2D eigenvalue weighted by Gasteiger charge is -2.37. The molecular weight excluding hydrogens is 222 g/mol. The van der Waals surface area contributed by atoms with Gasteiger partial charge in [0.2, 0.25) is 0 Å². The molecule has 0 aromatic heterocycles. The summed E-state index contributed by atoms with van der Waals surface area (Å²) in [5.41, 5.74) is 0. The minimum atomic E-state index is -0.921. The number of hydrogen-bond donors (Lipinski definition) is 0. The van der Waals surface area contributed by atoms with Crippen LogP contribution in [0.15, 0.2) is 0 Å². The molecular formula is C12H25NO2S. The van der Waals surface area contributed by atoms with Gasteiger partial charge in [-0.3, -0.25) is 0 Å². The summed E-state index contributed by atoms with van der Waals surface area (Å²) in [4.78, 5) is 0. The fraction of sp³-hybridized carbons (Fsp3) is 1.00. The Labute approximate surface area is 103 Å². The van der Waals surface area contributed by atoms with Gasteiger partial charge < -0.3 is 9.29 Å². The van der Waals surface area contributed by atoms with Crippen LogP contribution in [0.5, 0.6) is 0 Å². The molecule has 3 nitrogen and oxygen atoms in total. The lowest BCUT2D eigenvalue weighted by atomic mass is 9.93. The van der Waals surface area contributed by atoms with Crippen molar-refractivity contribution in [1.82, 2.24) is 4.31 Å². The van der Waals surface area contributed by atoms with Gasteiger partial charge in [-0.1, -0.05) is 0 Å². The lowest BCUT2D eigenvalue weighted by Crippen LogP contribution is -2.48. The minimum Gasteiger partial charge on any atom is -0.598 e. The predicted molar refractivity (Wildman–Crippen MR) is 68.7 cm³/mol. The maximum absolute atomic E-state index is 12.3. The van der Waals surface area contributed by atoms with Gasteiger partial charge in [0.05, 0.1) is 6.04 Å². The molecule has 1 rings (SSSR count). The first-order valence-electron chi connectivity index (χ1n) is 6.06. The first-order chi connectivity index (χ1) is 7.34. The van der Waals surface area contributed by atoms with Crippen LogP contribution >= 0.6 is 0 Å². The number of nitrogens with zero attached hydrogens (tertiary/aromatic N) is 1. The molecule has 0 aromatic carbocycles. The Balaban J connectivity index is 2.55. The second kappa shape index (κ2) is 5.71. The predicted octanol–water partition coefficient (Wildman–Crippen LogP) is 2.20. The zero-order chi connectivity index (χ0) is 12.3. The standard InChI is InChI=1S/C12H25NO2S/c1-10(11-6-8-15-9-7-11)13(5)16(14)12(2,3)4/h10-11H,6-9H2,1-5H3. The Kier molecular flexibility index (Phi) is 5.10. The monoisotopic (exact) mass is 247 g/mol. The normalized spacial score (nSPS) is 23.4. The van der Waals surface area contributed by atoms with E-state index in [0.29, 0.717) is 12.0 Å². The van der Waals surface area contributed by atoms with E-state index < -0.39 is 11.4 Å². The topological polar surface area (TPSA) is 35.5 Å². The SMILES string of the molecule is CC(C1CCOCC1)N(C)[S+]([O-])C(C)(C)C. The molecule has 0 amide bonds. The van der Waals surface area contributed by atoms with Crippen molar-refractivity contribution in [3.05, 3.63) is 0 Å². The Morgan fingerprint density at radius 3 is 2.25 bits per heavy atom. The lowest BCUT2D eigenvalue weighted by molar-refractivity contribution is 0.0477. The number of ether oxygens (including phenoxy) is 1. The summed E-state index contributed by atoms with van der Waals surface area (Å²) in [7, 11) is 1.97. The van der Waals surface area contributed by atoms with E-state index in [1.807, 2.05) is 32.1 Å². The van der Waals surface area contributed by atoms with Gasteiger partial charge in [0.1, 0.15) is 4.75 Å². The molecule has 1 saturated heterocycles. The molecule has 1 heterocycles. The van der Waals surface area contributed by atoms with Crippen LogP contribution in [0.25, 0.3) is 0 Å². The smallest absolute Gasteiger partial charge is 0.137 e. The van der Waals surface area contributed by atoms with E-state index in [0.717, 1.165) is 26.1 Å². The fourth-order valence-corrected chi connectivity index (χ4v) is 3.42. The van der Waals surface area contributed by atoms with Crippen molar-refractivity contribution in [1.29, 1.82) is 0 Å². The van der Waals surface area contributed by atoms with Gasteiger partial charge in [0.15, 0.2) is 0 Å². The highest BCUT2D eigenvalue weighted by molar-refractivity contribution is 7.90. The third-order valence-electron chi connectivity index (χ3n) is 3.31. The van der Waals surface area contributed by atoms with Crippen LogP contribution in [0.2, 0.25) is 0 Å². The summed E-state index contributed by atoms with van der Waals surface area (Å²) in [6.07, 6.45) is 2.18. The van der Waals surface area contributed by atoms with Crippen molar-refractivity contribution in [2.24, 2.45) is 5.92 Å². The highest BCUT2D eigenvalue weighted by Crippen LogP contribution is 2.27. The molecule has 2 atom stereocenters. The highest BCUT2D eigenvalue weighted by atomic mass is 32.2. The Morgan fingerprint density at radius 1 is 1.31 bits per heavy atom. The molecule has 0 spiro atoms. The highest BCUT2D eigenvalue weighted by Gasteiger charge is 2.36. The first-order valence-corrected chi connectivity index (χ1v) is 7.17. The molecule has 4 heteroatoms. The summed E-state index contributed by atoms with van der Waals surface area (Å²) in [5, 5.41) is 0. The molecule has 1 aliphatic heterocycles. The molecule has 16 heavy (non-hydrogen) atoms. The molecule has 1 aliphatic rings. The van der Waals surface area contributed by atoms with Crippen molar-refractivity contribution < 1.29 is 9.29 Å². The van der Waals surface area contributed by atoms with Gasteiger partial charge in [-0.15, -0.1) is 4.31 Å². The molecule has 96 valence electrons. The molecule has 1 fully saturated rings. The summed E-state index contributed by atoms with van der Waals surface area (Å²) in [5.74, 6) is 0.616. The van der Waals surface area contributed by atoms with E-state index in [1.54, 1.807) is 0 Å². The van der Waals surface area contributed by atoms with Crippen LogP contribution < -0.4 is 0 Å². The van der Waals surface area contributed by atoms with E-state index in [9.17, 15) is 4.55 Å². The molecule has 0 aliphatic carbocycles. The second-order valence-corrected chi connectivity index (χ2v) is 7.90. The maximum Gasteiger partial charge on any atom is 0.137 e. The van der Waals surface area contributed by atoms with Gasteiger partial charge in [-0.25, -0.2) is 0 Å². The third-order valence-corrected chi connectivity index (χ3v) is 5.21. The van der Waals surface area contributed by atoms with Crippen molar-refractivity contribution in [2.75, 3.05) is 20.3 Å². The number of rotatable bonds is 3. The summed E-state index contributed by atoms with van der Waals surface area (Å²) < 4.78 is 19.5. The average molecular weight is 247 g/mol. The van der Waals surface area contributed by atoms with Crippen LogP contribution in [0.4, 0.5) is 0 Å². The van der Waals surface area contributed by atoms with Crippen LogP contribution in [-0.2, 0) is 16.1 Å². The Morgan fingerprint density at radius 2 is 1.81 bits per heavy atom. The summed E-state index contributed by atoms with van der Waals surface area (Å²) >= 11 is -0.921. The summed E-state index contributed by atoms with van der Waals surface area (Å²) in [6, 6.07) is 0.365. The van der Waals surface area contributed by atoms with Crippen LogP contribution in [-0.4, -0.2) is 39.9 Å². The van der Waals surface area contributed by atoms with Crippen molar-refractivity contribution in [3.63, 3.8) is 0 Å².